The van der Waals surface area contributed by atoms with E-state index in [1.807, 2.05) is 0 Å². The van der Waals surface area contributed by atoms with Crippen LogP contribution in [0.25, 0.3) is 0 Å². The van der Waals surface area contributed by atoms with Crippen molar-refractivity contribution >= 4 is 0 Å². The number of benzene rings is 1. The van der Waals surface area contributed by atoms with Gasteiger partial charge in [0.1, 0.15) is 11.6 Å². The van der Waals surface area contributed by atoms with E-state index < -0.39 is 11.6 Å². The van der Waals surface area contributed by atoms with Crippen molar-refractivity contribution in [2.45, 2.75) is 33.4 Å². The lowest BCUT2D eigenvalue weighted by molar-refractivity contribution is 0.128. The Hall–Kier alpha value is -1.00. The van der Waals surface area contributed by atoms with E-state index in [2.05, 4.69) is 31.0 Å². The number of nitrogens with zero attached hydrogens (tertiary/aromatic N) is 1. The van der Waals surface area contributed by atoms with E-state index in [-0.39, 0.29) is 5.41 Å². The van der Waals surface area contributed by atoms with E-state index in [1.54, 1.807) is 6.07 Å². The Morgan fingerprint density at radius 3 is 2.68 bits per heavy atom. The molecule has 2 nitrogen and oxygen atoms in total. The first kappa shape index (κ1) is 14.4. The van der Waals surface area contributed by atoms with Crippen LogP contribution in [0.4, 0.5) is 8.78 Å². The predicted octanol–water partition coefficient (Wildman–Crippen LogP) is 2.78. The summed E-state index contributed by atoms with van der Waals surface area (Å²) in [4.78, 5) is 2.22. The Morgan fingerprint density at radius 2 is 2.05 bits per heavy atom. The molecule has 19 heavy (non-hydrogen) atoms. The van der Waals surface area contributed by atoms with Gasteiger partial charge in [-0.1, -0.05) is 26.8 Å². The number of nitrogens with one attached hydrogen (secondary N) is 1. The van der Waals surface area contributed by atoms with Crippen molar-refractivity contribution in [3.8, 4) is 0 Å². The van der Waals surface area contributed by atoms with Gasteiger partial charge in [-0.05, 0) is 11.5 Å². The molecule has 1 fully saturated rings. The Balaban J connectivity index is 2.03. The first-order valence-corrected chi connectivity index (χ1v) is 6.76. The minimum atomic E-state index is -0.519. The summed E-state index contributed by atoms with van der Waals surface area (Å²) in [7, 11) is 0. The van der Waals surface area contributed by atoms with Crippen molar-refractivity contribution in [2.75, 3.05) is 19.6 Å². The van der Waals surface area contributed by atoms with Crippen LogP contribution in [0.15, 0.2) is 18.2 Å². The zero-order chi connectivity index (χ0) is 14.0. The molecule has 0 aromatic heterocycles. The molecule has 1 saturated heterocycles. The van der Waals surface area contributed by atoms with Crippen molar-refractivity contribution in [1.82, 2.24) is 10.2 Å². The molecule has 4 heteroatoms. The van der Waals surface area contributed by atoms with E-state index in [1.165, 1.54) is 6.07 Å². The smallest absolute Gasteiger partial charge is 0.130 e. The van der Waals surface area contributed by atoms with Crippen LogP contribution in [0.3, 0.4) is 0 Å². The highest BCUT2D eigenvalue weighted by molar-refractivity contribution is 5.18. The molecule has 1 N–H and O–H groups in total. The van der Waals surface area contributed by atoms with Crippen LogP contribution in [-0.2, 0) is 6.54 Å². The molecule has 1 aromatic carbocycles. The Labute approximate surface area is 113 Å². The average molecular weight is 268 g/mol. The summed E-state index contributed by atoms with van der Waals surface area (Å²) in [5.74, 6) is -0.972. The molecule has 0 amide bonds. The Morgan fingerprint density at radius 1 is 1.32 bits per heavy atom. The predicted molar refractivity (Wildman–Crippen MR) is 72.9 cm³/mol. The van der Waals surface area contributed by atoms with Gasteiger partial charge in [0.15, 0.2) is 0 Å². The average Bonchev–Trinajstić information content (AvgIpc) is 2.32. The molecule has 2 rings (SSSR count). The topological polar surface area (TPSA) is 15.3 Å². The SMILES string of the molecule is CC(C)(C)C1CN(Cc2ccc(F)cc2F)CCN1. The van der Waals surface area contributed by atoms with Crippen LogP contribution in [0.5, 0.6) is 0 Å². The van der Waals surface area contributed by atoms with Crippen molar-refractivity contribution in [2.24, 2.45) is 5.41 Å². The zero-order valence-corrected chi connectivity index (χ0v) is 11.8. The highest BCUT2D eigenvalue weighted by Crippen LogP contribution is 2.23. The maximum Gasteiger partial charge on any atom is 0.130 e. The number of halogens is 2. The van der Waals surface area contributed by atoms with Crippen LogP contribution in [-0.4, -0.2) is 30.6 Å². The maximum atomic E-state index is 13.7. The van der Waals surface area contributed by atoms with Crippen molar-refractivity contribution < 1.29 is 8.78 Å². The molecule has 0 bridgehead atoms. The molecular formula is C15H22F2N2. The molecule has 0 radical (unpaired) electrons. The minimum Gasteiger partial charge on any atom is -0.311 e. The van der Waals surface area contributed by atoms with E-state index in [0.717, 1.165) is 25.7 Å². The molecule has 106 valence electrons. The summed E-state index contributed by atoms with van der Waals surface area (Å²) in [5, 5.41) is 3.50. The molecule has 1 unspecified atom stereocenters. The zero-order valence-electron chi connectivity index (χ0n) is 11.8. The third-order valence-electron chi connectivity index (χ3n) is 3.71. The van der Waals surface area contributed by atoms with Crippen molar-refractivity contribution in [3.63, 3.8) is 0 Å². The molecule has 1 aromatic rings. The standard InChI is InChI=1S/C15H22F2N2/c1-15(2,3)14-10-19(7-6-18-14)9-11-4-5-12(16)8-13(11)17/h4-5,8,14,18H,6-7,9-10H2,1-3H3. The van der Waals surface area contributed by atoms with Crippen LogP contribution in [0, 0.1) is 17.0 Å². The largest absolute Gasteiger partial charge is 0.311 e. The Kier molecular flexibility index (Phi) is 4.21. The second kappa shape index (κ2) is 5.55. The second-order valence-electron chi connectivity index (χ2n) is 6.34. The van der Waals surface area contributed by atoms with Gasteiger partial charge in [0.2, 0.25) is 0 Å². The third-order valence-corrected chi connectivity index (χ3v) is 3.71. The summed E-state index contributed by atoms with van der Waals surface area (Å²) >= 11 is 0. The molecule has 1 aliphatic rings. The lowest BCUT2D eigenvalue weighted by atomic mass is 9.85. The first-order chi connectivity index (χ1) is 8.86. The second-order valence-corrected chi connectivity index (χ2v) is 6.34. The van der Waals surface area contributed by atoms with Gasteiger partial charge >= 0.3 is 0 Å². The summed E-state index contributed by atoms with van der Waals surface area (Å²) in [6.45, 7) is 9.83. The van der Waals surface area contributed by atoms with Crippen molar-refractivity contribution in [3.05, 3.63) is 35.4 Å². The minimum absolute atomic E-state index is 0.181. The van der Waals surface area contributed by atoms with Crippen molar-refractivity contribution in [1.29, 1.82) is 0 Å². The summed E-state index contributed by atoms with van der Waals surface area (Å²) in [6.07, 6.45) is 0. The third kappa shape index (κ3) is 3.74. The quantitative estimate of drug-likeness (QED) is 0.887. The van der Waals surface area contributed by atoms with E-state index in [0.29, 0.717) is 18.2 Å². The number of piperazine rings is 1. The fourth-order valence-electron chi connectivity index (χ4n) is 2.43. The normalized spacial score (nSPS) is 21.6. The van der Waals surface area contributed by atoms with Gasteiger partial charge in [-0.25, -0.2) is 8.78 Å². The Bertz CT molecular complexity index is 440. The first-order valence-electron chi connectivity index (χ1n) is 6.76. The van der Waals surface area contributed by atoms with Gasteiger partial charge < -0.3 is 5.32 Å². The van der Waals surface area contributed by atoms with Gasteiger partial charge in [0, 0.05) is 43.9 Å². The number of hydrogen-bond donors (Lipinski definition) is 1. The molecule has 1 atom stereocenters. The lowest BCUT2D eigenvalue weighted by Crippen LogP contribution is -2.55. The van der Waals surface area contributed by atoms with Gasteiger partial charge in [-0.3, -0.25) is 4.90 Å². The van der Waals surface area contributed by atoms with Gasteiger partial charge in [-0.15, -0.1) is 0 Å². The number of rotatable bonds is 2. The summed E-state index contributed by atoms with van der Waals surface area (Å²) < 4.78 is 26.5. The monoisotopic (exact) mass is 268 g/mol. The van der Waals surface area contributed by atoms with E-state index in [4.69, 9.17) is 0 Å². The highest BCUT2D eigenvalue weighted by atomic mass is 19.1. The van der Waals surface area contributed by atoms with E-state index in [9.17, 15) is 8.78 Å². The maximum absolute atomic E-state index is 13.7. The summed E-state index contributed by atoms with van der Waals surface area (Å²) in [5.41, 5.74) is 0.746. The van der Waals surface area contributed by atoms with Crippen LogP contribution in [0.1, 0.15) is 26.3 Å². The molecule has 0 spiro atoms. The van der Waals surface area contributed by atoms with Gasteiger partial charge in [-0.2, -0.15) is 0 Å². The molecule has 0 saturated carbocycles. The molecule has 0 aliphatic carbocycles. The van der Waals surface area contributed by atoms with Gasteiger partial charge in [0.25, 0.3) is 0 Å². The molecule has 1 heterocycles. The fourth-order valence-corrected chi connectivity index (χ4v) is 2.43. The lowest BCUT2D eigenvalue weighted by Gasteiger charge is -2.40. The fraction of sp³-hybridized carbons (Fsp3) is 0.600. The van der Waals surface area contributed by atoms with Crippen LogP contribution < -0.4 is 5.32 Å². The highest BCUT2D eigenvalue weighted by Gasteiger charge is 2.29. The summed E-state index contributed by atoms with van der Waals surface area (Å²) in [6, 6.07) is 4.21. The molecule has 1 aliphatic heterocycles. The number of hydrogen-bond acceptors (Lipinski definition) is 2. The van der Waals surface area contributed by atoms with Gasteiger partial charge in [0.05, 0.1) is 0 Å². The molecular weight excluding hydrogens is 246 g/mol. The van der Waals surface area contributed by atoms with Crippen LogP contribution >= 0.6 is 0 Å². The van der Waals surface area contributed by atoms with Crippen LogP contribution in [0.2, 0.25) is 0 Å². The van der Waals surface area contributed by atoms with E-state index >= 15 is 0 Å².